The van der Waals surface area contributed by atoms with Crippen LogP contribution in [0, 0.1) is 0 Å². The molecule has 0 aromatic carbocycles. The molecule has 15 heavy (non-hydrogen) atoms. The van der Waals surface area contributed by atoms with E-state index in [0.717, 1.165) is 0 Å². The fourth-order valence-corrected chi connectivity index (χ4v) is 0.705. The molecule has 0 saturated heterocycles. The summed E-state index contributed by atoms with van der Waals surface area (Å²) in [6, 6.07) is 0. The summed E-state index contributed by atoms with van der Waals surface area (Å²) < 4.78 is 4.72. The number of esters is 1. The first-order valence-corrected chi connectivity index (χ1v) is 4.39. The van der Waals surface area contributed by atoms with Crippen LogP contribution in [0.4, 0.5) is 0 Å². The molecule has 0 aromatic heterocycles. The van der Waals surface area contributed by atoms with Gasteiger partial charge in [-0.05, 0) is 6.92 Å². The Morgan fingerprint density at radius 3 is 2.47 bits per heavy atom. The lowest BCUT2D eigenvalue weighted by molar-refractivity contribution is -0.139. The minimum absolute atomic E-state index is 0.0787. The van der Waals surface area contributed by atoms with Crippen LogP contribution in [0.1, 0.15) is 13.3 Å². The smallest absolute Gasteiger partial charge is 0.333 e. The third-order valence-electron chi connectivity index (χ3n) is 1.37. The molecule has 0 spiro atoms. The van der Waals surface area contributed by atoms with E-state index in [-0.39, 0.29) is 31.2 Å². The van der Waals surface area contributed by atoms with E-state index in [1.54, 1.807) is 0 Å². The summed E-state index contributed by atoms with van der Waals surface area (Å²) in [7, 11) is 0. The second-order valence-corrected chi connectivity index (χ2v) is 3.01. The van der Waals surface area contributed by atoms with E-state index in [2.05, 4.69) is 18.5 Å². The average Bonchev–Trinajstić information content (AvgIpc) is 2.10. The van der Waals surface area contributed by atoms with E-state index in [1.165, 1.54) is 6.92 Å². The van der Waals surface area contributed by atoms with Crippen molar-refractivity contribution < 1.29 is 19.4 Å². The summed E-state index contributed by atoms with van der Waals surface area (Å²) >= 11 is 0. The Morgan fingerprint density at radius 2 is 2.00 bits per heavy atom. The molecule has 0 saturated carbocycles. The Labute approximate surface area is 88.4 Å². The van der Waals surface area contributed by atoms with Gasteiger partial charge in [0.15, 0.2) is 0 Å². The molecule has 0 aliphatic heterocycles. The standard InChI is InChI=1S/C10H15NO4/c1-7(2)10(14)15-5-4-11-9(13)6-8(3)12/h12H,1,3-6H2,2H3,(H,11,13). The van der Waals surface area contributed by atoms with Crippen LogP contribution in [0.25, 0.3) is 0 Å². The third kappa shape index (κ3) is 7.30. The summed E-state index contributed by atoms with van der Waals surface area (Å²) in [4.78, 5) is 21.8. The third-order valence-corrected chi connectivity index (χ3v) is 1.37. The maximum Gasteiger partial charge on any atom is 0.333 e. The van der Waals surface area contributed by atoms with E-state index in [1.807, 2.05) is 0 Å². The molecule has 5 nitrogen and oxygen atoms in total. The summed E-state index contributed by atoms with van der Waals surface area (Å²) in [5.74, 6) is -1.06. The summed E-state index contributed by atoms with van der Waals surface area (Å²) in [6.07, 6.45) is -0.144. The zero-order chi connectivity index (χ0) is 11.8. The van der Waals surface area contributed by atoms with Gasteiger partial charge >= 0.3 is 5.97 Å². The van der Waals surface area contributed by atoms with Crippen LogP contribution < -0.4 is 5.32 Å². The molecule has 0 aliphatic rings. The number of rotatable bonds is 6. The fourth-order valence-electron chi connectivity index (χ4n) is 0.705. The molecular weight excluding hydrogens is 198 g/mol. The molecule has 0 atom stereocenters. The molecular formula is C10H15NO4. The lowest BCUT2D eigenvalue weighted by Gasteiger charge is -2.05. The normalized spacial score (nSPS) is 9.13. The molecule has 1 amide bonds. The number of hydrogen-bond acceptors (Lipinski definition) is 4. The Morgan fingerprint density at radius 1 is 1.40 bits per heavy atom. The van der Waals surface area contributed by atoms with Crippen LogP contribution in [0.5, 0.6) is 0 Å². The maximum atomic E-state index is 10.9. The SMILES string of the molecule is C=C(O)CC(=O)NCCOC(=O)C(=C)C. The van der Waals surface area contributed by atoms with Crippen LogP contribution >= 0.6 is 0 Å². The minimum Gasteiger partial charge on any atom is -0.512 e. The highest BCUT2D eigenvalue weighted by Gasteiger charge is 2.04. The number of aliphatic hydroxyl groups excluding tert-OH is 1. The first kappa shape index (κ1) is 13.2. The van der Waals surface area contributed by atoms with E-state index in [9.17, 15) is 9.59 Å². The lowest BCUT2D eigenvalue weighted by Crippen LogP contribution is -2.28. The van der Waals surface area contributed by atoms with Gasteiger partial charge in [0.2, 0.25) is 5.91 Å². The van der Waals surface area contributed by atoms with E-state index < -0.39 is 5.97 Å². The van der Waals surface area contributed by atoms with E-state index >= 15 is 0 Å². The number of amides is 1. The number of nitrogens with one attached hydrogen (secondary N) is 1. The van der Waals surface area contributed by atoms with Crippen LogP contribution in [-0.4, -0.2) is 30.1 Å². The summed E-state index contributed by atoms with van der Waals surface area (Å²) in [5.41, 5.74) is 0.310. The van der Waals surface area contributed by atoms with Crippen molar-refractivity contribution in [1.82, 2.24) is 5.32 Å². The number of hydrogen-bond donors (Lipinski definition) is 2. The number of ether oxygens (including phenoxy) is 1. The number of carbonyl (C=O) groups is 2. The van der Waals surface area contributed by atoms with Gasteiger partial charge in [0, 0.05) is 5.57 Å². The Balaban J connectivity index is 3.55. The van der Waals surface area contributed by atoms with Crippen molar-refractivity contribution in [2.24, 2.45) is 0 Å². The summed E-state index contributed by atoms with van der Waals surface area (Å²) in [5, 5.41) is 11.1. The highest BCUT2D eigenvalue weighted by molar-refractivity contribution is 5.86. The molecule has 0 heterocycles. The van der Waals surface area contributed by atoms with Crippen molar-refractivity contribution in [2.75, 3.05) is 13.2 Å². The Hall–Kier alpha value is -1.78. The Bertz CT molecular complexity index is 283. The monoisotopic (exact) mass is 213 g/mol. The molecule has 0 radical (unpaired) electrons. The molecule has 5 heteroatoms. The van der Waals surface area contributed by atoms with Crippen LogP contribution in [0.3, 0.4) is 0 Å². The average molecular weight is 213 g/mol. The first-order chi connectivity index (χ1) is 6.93. The second kappa shape index (κ2) is 6.64. The molecule has 84 valence electrons. The van der Waals surface area contributed by atoms with Gasteiger partial charge in [-0.1, -0.05) is 13.2 Å². The van der Waals surface area contributed by atoms with Crippen molar-refractivity contribution in [3.8, 4) is 0 Å². The van der Waals surface area contributed by atoms with Gasteiger partial charge in [-0.15, -0.1) is 0 Å². The minimum atomic E-state index is -0.490. The molecule has 0 bridgehead atoms. The van der Waals surface area contributed by atoms with Gasteiger partial charge < -0.3 is 15.2 Å². The van der Waals surface area contributed by atoms with Crippen molar-refractivity contribution in [3.05, 3.63) is 24.5 Å². The molecule has 0 rings (SSSR count). The van der Waals surface area contributed by atoms with Crippen molar-refractivity contribution in [3.63, 3.8) is 0 Å². The number of carbonyl (C=O) groups excluding carboxylic acids is 2. The molecule has 0 unspecified atom stereocenters. The largest absolute Gasteiger partial charge is 0.512 e. The Kier molecular flexibility index (Phi) is 5.85. The number of aliphatic hydroxyl groups is 1. The predicted octanol–water partition coefficient (Wildman–Crippen LogP) is 0.684. The van der Waals surface area contributed by atoms with Crippen LogP contribution in [-0.2, 0) is 14.3 Å². The van der Waals surface area contributed by atoms with Gasteiger partial charge in [0.25, 0.3) is 0 Å². The second-order valence-electron chi connectivity index (χ2n) is 3.01. The van der Waals surface area contributed by atoms with Crippen LogP contribution in [0.2, 0.25) is 0 Å². The van der Waals surface area contributed by atoms with E-state index in [4.69, 9.17) is 9.84 Å². The van der Waals surface area contributed by atoms with Gasteiger partial charge in [-0.3, -0.25) is 4.79 Å². The van der Waals surface area contributed by atoms with Gasteiger partial charge in [-0.2, -0.15) is 0 Å². The zero-order valence-corrected chi connectivity index (χ0v) is 8.71. The van der Waals surface area contributed by atoms with Crippen molar-refractivity contribution in [2.45, 2.75) is 13.3 Å². The maximum absolute atomic E-state index is 10.9. The van der Waals surface area contributed by atoms with Crippen molar-refractivity contribution >= 4 is 11.9 Å². The first-order valence-electron chi connectivity index (χ1n) is 4.39. The van der Waals surface area contributed by atoms with Gasteiger partial charge in [0.1, 0.15) is 6.61 Å². The van der Waals surface area contributed by atoms with Crippen molar-refractivity contribution in [1.29, 1.82) is 0 Å². The quantitative estimate of drug-likeness (QED) is 0.294. The molecule has 0 aliphatic carbocycles. The molecule has 2 N–H and O–H groups in total. The van der Waals surface area contributed by atoms with E-state index in [0.29, 0.717) is 5.57 Å². The van der Waals surface area contributed by atoms with Crippen LogP contribution in [0.15, 0.2) is 24.5 Å². The summed E-state index contributed by atoms with van der Waals surface area (Å²) in [6.45, 7) is 8.39. The van der Waals surface area contributed by atoms with Gasteiger partial charge in [0.05, 0.1) is 18.7 Å². The highest BCUT2D eigenvalue weighted by Crippen LogP contribution is 1.92. The fraction of sp³-hybridized carbons (Fsp3) is 0.400. The predicted molar refractivity (Wildman–Crippen MR) is 55.2 cm³/mol. The van der Waals surface area contributed by atoms with Gasteiger partial charge in [-0.25, -0.2) is 4.79 Å². The zero-order valence-electron chi connectivity index (χ0n) is 8.71. The highest BCUT2D eigenvalue weighted by atomic mass is 16.5. The topological polar surface area (TPSA) is 75.6 Å². The molecule has 0 aromatic rings. The molecule has 0 fully saturated rings. The lowest BCUT2D eigenvalue weighted by atomic mass is 10.3.